The minimum absolute atomic E-state index is 0.146. The summed E-state index contributed by atoms with van der Waals surface area (Å²) in [6.45, 7) is 7.00. The maximum absolute atomic E-state index is 12.9. The van der Waals surface area contributed by atoms with Crippen molar-refractivity contribution in [2.45, 2.75) is 18.6 Å². The molecule has 0 N–H and O–H groups in total. The highest BCUT2D eigenvalue weighted by atomic mass is 32.2. The molecule has 0 atom stereocenters. The molecule has 0 unspecified atom stereocenters. The molecule has 5 rings (SSSR count). The minimum atomic E-state index is 0.146. The maximum atomic E-state index is 12.9. The van der Waals surface area contributed by atoms with Crippen LogP contribution in [0.15, 0.2) is 53.9 Å². The number of fused-ring (bicyclic) bond motifs is 1. The zero-order valence-electron chi connectivity index (χ0n) is 18.6. The highest BCUT2D eigenvalue weighted by molar-refractivity contribution is 7.99. The number of anilines is 1. The normalized spacial score (nSPS) is 15.5. The van der Waals surface area contributed by atoms with Gasteiger partial charge in [0.2, 0.25) is 5.91 Å². The number of piperazine rings is 1. The Morgan fingerprint density at radius 3 is 2.61 bits per heavy atom. The lowest BCUT2D eigenvalue weighted by atomic mass is 10.1. The van der Waals surface area contributed by atoms with Gasteiger partial charge < -0.3 is 23.8 Å². The number of rotatable bonds is 6. The van der Waals surface area contributed by atoms with Crippen LogP contribution in [0.25, 0.3) is 11.3 Å². The van der Waals surface area contributed by atoms with E-state index in [1.165, 1.54) is 11.8 Å². The summed E-state index contributed by atoms with van der Waals surface area (Å²) in [5.41, 5.74) is 2.03. The number of amides is 1. The van der Waals surface area contributed by atoms with Crippen molar-refractivity contribution < 1.29 is 14.3 Å². The average Bonchev–Trinajstić information content (AvgIpc) is 3.30. The summed E-state index contributed by atoms with van der Waals surface area (Å²) in [5.74, 6) is 3.02. The van der Waals surface area contributed by atoms with Crippen molar-refractivity contribution in [1.29, 1.82) is 0 Å². The number of pyridine rings is 1. The zero-order chi connectivity index (χ0) is 22.6. The van der Waals surface area contributed by atoms with Gasteiger partial charge >= 0.3 is 0 Å². The quantitative estimate of drug-likeness (QED) is 0.518. The topological polar surface area (TPSA) is 72.7 Å². The van der Waals surface area contributed by atoms with Crippen LogP contribution in [0.4, 0.5) is 5.82 Å². The summed E-state index contributed by atoms with van der Waals surface area (Å²) in [7, 11) is 0. The number of hydrogen-bond acceptors (Lipinski definition) is 7. The molecular formula is C24H27N5O3S. The molecule has 2 aliphatic heterocycles. The van der Waals surface area contributed by atoms with E-state index < -0.39 is 0 Å². The lowest BCUT2D eigenvalue weighted by molar-refractivity contribution is -0.128. The molecule has 4 heterocycles. The van der Waals surface area contributed by atoms with E-state index in [1.54, 1.807) is 6.20 Å². The third kappa shape index (κ3) is 4.64. The third-order valence-corrected chi connectivity index (χ3v) is 6.88. The highest BCUT2D eigenvalue weighted by Gasteiger charge is 2.23. The van der Waals surface area contributed by atoms with Gasteiger partial charge in [0.25, 0.3) is 0 Å². The lowest BCUT2D eigenvalue weighted by Gasteiger charge is -2.35. The molecule has 8 nitrogen and oxygen atoms in total. The van der Waals surface area contributed by atoms with E-state index in [2.05, 4.69) is 26.4 Å². The number of nitrogens with zero attached hydrogens (tertiary/aromatic N) is 5. The zero-order valence-corrected chi connectivity index (χ0v) is 19.5. The third-order valence-electron chi connectivity index (χ3n) is 5.90. The summed E-state index contributed by atoms with van der Waals surface area (Å²) in [4.78, 5) is 26.0. The summed E-state index contributed by atoms with van der Waals surface area (Å²) in [6, 6.07) is 11.9. The fraction of sp³-hybridized carbons (Fsp3) is 0.375. The van der Waals surface area contributed by atoms with Crippen LogP contribution >= 0.6 is 11.8 Å². The van der Waals surface area contributed by atoms with Gasteiger partial charge in [0.05, 0.1) is 17.6 Å². The second-order valence-electron chi connectivity index (χ2n) is 7.87. The Hall–Kier alpha value is -3.20. The molecular weight excluding hydrogens is 438 g/mol. The van der Waals surface area contributed by atoms with Crippen LogP contribution < -0.4 is 14.4 Å². The Balaban J connectivity index is 1.21. The van der Waals surface area contributed by atoms with Gasteiger partial charge in [-0.1, -0.05) is 17.8 Å². The molecule has 0 saturated carbocycles. The van der Waals surface area contributed by atoms with E-state index in [0.29, 0.717) is 32.1 Å². The molecule has 0 radical (unpaired) electrons. The second kappa shape index (κ2) is 9.74. The molecule has 2 aromatic heterocycles. The molecule has 172 valence electrons. The molecule has 0 bridgehead atoms. The van der Waals surface area contributed by atoms with Crippen molar-refractivity contribution in [2.75, 3.05) is 50.0 Å². The summed E-state index contributed by atoms with van der Waals surface area (Å²) < 4.78 is 13.5. The van der Waals surface area contributed by atoms with E-state index in [1.807, 2.05) is 47.5 Å². The van der Waals surface area contributed by atoms with Crippen LogP contribution in [-0.4, -0.2) is 70.5 Å². The van der Waals surface area contributed by atoms with E-state index in [9.17, 15) is 4.79 Å². The molecule has 1 saturated heterocycles. The van der Waals surface area contributed by atoms with Crippen LogP contribution in [0.3, 0.4) is 0 Å². The van der Waals surface area contributed by atoms with Crippen molar-refractivity contribution in [3.05, 3.63) is 48.8 Å². The monoisotopic (exact) mass is 465 g/mol. The molecule has 1 amide bonds. The van der Waals surface area contributed by atoms with Gasteiger partial charge in [-0.25, -0.2) is 9.97 Å². The van der Waals surface area contributed by atoms with Gasteiger partial charge in [-0.15, -0.1) is 0 Å². The van der Waals surface area contributed by atoms with E-state index >= 15 is 0 Å². The van der Waals surface area contributed by atoms with Gasteiger partial charge in [0.15, 0.2) is 16.7 Å². The standard InChI is InChI=1S/C24H27N5O3S/c1-2-29-19(18-6-7-20-21(15-18)32-14-13-31-20)16-26-24(29)33-17-23(30)28-11-9-27(10-12-28)22-5-3-4-8-25-22/h3-8,15-16H,2,9-14,17H2,1H3. The highest BCUT2D eigenvalue weighted by Crippen LogP contribution is 2.35. The Bertz CT molecular complexity index is 1110. The molecule has 0 spiro atoms. The van der Waals surface area contributed by atoms with Gasteiger partial charge in [0.1, 0.15) is 19.0 Å². The Labute approximate surface area is 197 Å². The number of hydrogen-bond donors (Lipinski definition) is 0. The Kier molecular flexibility index (Phi) is 6.39. The van der Waals surface area contributed by atoms with Gasteiger partial charge in [-0.05, 0) is 37.3 Å². The van der Waals surface area contributed by atoms with Crippen molar-refractivity contribution in [3.8, 4) is 22.8 Å². The van der Waals surface area contributed by atoms with Gasteiger partial charge in [-0.3, -0.25) is 4.79 Å². The number of carbonyl (C=O) groups is 1. The predicted molar refractivity (Wildman–Crippen MR) is 128 cm³/mol. The van der Waals surface area contributed by atoms with Crippen LogP contribution in [-0.2, 0) is 11.3 Å². The fourth-order valence-electron chi connectivity index (χ4n) is 4.16. The number of carbonyl (C=O) groups excluding carboxylic acids is 1. The first-order chi connectivity index (χ1) is 16.2. The van der Waals surface area contributed by atoms with Gasteiger partial charge in [-0.2, -0.15) is 0 Å². The van der Waals surface area contributed by atoms with Crippen LogP contribution in [0, 0.1) is 0 Å². The van der Waals surface area contributed by atoms with Crippen LogP contribution in [0.1, 0.15) is 6.92 Å². The lowest BCUT2D eigenvalue weighted by Crippen LogP contribution is -2.49. The average molecular weight is 466 g/mol. The first-order valence-electron chi connectivity index (χ1n) is 11.2. The number of aromatic nitrogens is 3. The number of imidazole rings is 1. The molecule has 0 aliphatic carbocycles. The maximum Gasteiger partial charge on any atom is 0.233 e. The van der Waals surface area contributed by atoms with Crippen LogP contribution in [0.5, 0.6) is 11.5 Å². The Morgan fingerprint density at radius 2 is 1.85 bits per heavy atom. The fourth-order valence-corrected chi connectivity index (χ4v) is 5.10. The molecule has 3 aromatic rings. The van der Waals surface area contributed by atoms with Crippen LogP contribution in [0.2, 0.25) is 0 Å². The largest absolute Gasteiger partial charge is 0.486 e. The SMILES string of the molecule is CCn1c(-c2ccc3c(c2)OCCO3)cnc1SCC(=O)N1CCN(c2ccccn2)CC1. The van der Waals surface area contributed by atoms with E-state index in [4.69, 9.17) is 9.47 Å². The number of ether oxygens (including phenoxy) is 2. The summed E-state index contributed by atoms with van der Waals surface area (Å²) >= 11 is 1.49. The number of thioether (sulfide) groups is 1. The summed E-state index contributed by atoms with van der Waals surface area (Å²) in [5, 5.41) is 0.850. The van der Waals surface area contributed by atoms with Crippen molar-refractivity contribution in [2.24, 2.45) is 0 Å². The van der Waals surface area contributed by atoms with Crippen molar-refractivity contribution in [1.82, 2.24) is 19.4 Å². The first-order valence-corrected chi connectivity index (χ1v) is 12.2. The molecule has 33 heavy (non-hydrogen) atoms. The van der Waals surface area contributed by atoms with E-state index in [0.717, 1.165) is 53.4 Å². The molecule has 1 fully saturated rings. The van der Waals surface area contributed by atoms with Crippen molar-refractivity contribution >= 4 is 23.5 Å². The molecule has 2 aliphatic rings. The minimum Gasteiger partial charge on any atom is -0.486 e. The van der Waals surface area contributed by atoms with Crippen molar-refractivity contribution in [3.63, 3.8) is 0 Å². The Morgan fingerprint density at radius 1 is 1.03 bits per heavy atom. The van der Waals surface area contributed by atoms with Gasteiger partial charge in [0, 0.05) is 44.5 Å². The summed E-state index contributed by atoms with van der Waals surface area (Å²) in [6.07, 6.45) is 3.67. The van der Waals surface area contributed by atoms with E-state index in [-0.39, 0.29) is 5.91 Å². The predicted octanol–water partition coefficient (Wildman–Crippen LogP) is 3.18. The molecule has 9 heteroatoms. The molecule has 1 aromatic carbocycles. The number of benzene rings is 1. The smallest absolute Gasteiger partial charge is 0.233 e. The first kappa shape index (κ1) is 21.6. The second-order valence-corrected chi connectivity index (χ2v) is 8.82.